The van der Waals surface area contributed by atoms with Crippen molar-refractivity contribution in [2.75, 3.05) is 20.8 Å². The number of esters is 2. The summed E-state index contributed by atoms with van der Waals surface area (Å²) in [4.78, 5) is 49.5. The highest BCUT2D eigenvalue weighted by Gasteiger charge is 2.32. The predicted molar refractivity (Wildman–Crippen MR) is 143 cm³/mol. The number of primary amides is 1. The average molecular weight is 537 g/mol. The SMILES string of the molecule is CCCC[C@H](NC(=O)OC(C)(C)C)C(CN[C@@H](Cc1ccccc1)C(N)=O)N[C@@H](CC(=O)OC)C(=O)OC. The molecular formula is C27H44N4O7. The van der Waals surface area contributed by atoms with E-state index in [4.69, 9.17) is 19.9 Å². The Hall–Kier alpha value is -3.18. The van der Waals surface area contributed by atoms with Crippen LogP contribution in [-0.2, 0) is 35.0 Å². The lowest BCUT2D eigenvalue weighted by Gasteiger charge is -2.33. The monoisotopic (exact) mass is 536 g/mol. The molecule has 1 unspecified atom stereocenters. The van der Waals surface area contributed by atoms with Gasteiger partial charge in [0.25, 0.3) is 0 Å². The van der Waals surface area contributed by atoms with Gasteiger partial charge in [0.1, 0.15) is 11.6 Å². The summed E-state index contributed by atoms with van der Waals surface area (Å²) >= 11 is 0. The highest BCUT2D eigenvalue weighted by atomic mass is 16.6. The van der Waals surface area contributed by atoms with Crippen molar-refractivity contribution >= 4 is 23.9 Å². The first-order valence-electron chi connectivity index (χ1n) is 12.9. The van der Waals surface area contributed by atoms with Gasteiger partial charge >= 0.3 is 18.0 Å². The minimum Gasteiger partial charge on any atom is -0.469 e. The third-order valence-corrected chi connectivity index (χ3v) is 5.77. The van der Waals surface area contributed by atoms with Gasteiger partial charge in [-0.1, -0.05) is 50.1 Å². The number of hydrogen-bond donors (Lipinski definition) is 4. The number of carbonyl (C=O) groups excluding carboxylic acids is 4. The summed E-state index contributed by atoms with van der Waals surface area (Å²) in [6, 6.07) is 6.51. The van der Waals surface area contributed by atoms with Gasteiger partial charge in [0, 0.05) is 18.6 Å². The first-order chi connectivity index (χ1) is 17.9. The van der Waals surface area contributed by atoms with E-state index in [9.17, 15) is 19.2 Å². The first kappa shape index (κ1) is 32.8. The highest BCUT2D eigenvalue weighted by molar-refractivity contribution is 5.82. The van der Waals surface area contributed by atoms with Crippen molar-refractivity contribution in [3.63, 3.8) is 0 Å². The Labute approximate surface area is 225 Å². The van der Waals surface area contributed by atoms with Crippen LogP contribution < -0.4 is 21.7 Å². The molecule has 0 heterocycles. The molecule has 0 aliphatic heterocycles. The van der Waals surface area contributed by atoms with Crippen LogP contribution in [0.3, 0.4) is 0 Å². The number of nitrogens with one attached hydrogen (secondary N) is 3. The number of hydrogen-bond acceptors (Lipinski definition) is 9. The van der Waals surface area contributed by atoms with Crippen LogP contribution in [0, 0.1) is 0 Å². The minimum atomic E-state index is -1.05. The molecule has 1 rings (SSSR count). The summed E-state index contributed by atoms with van der Waals surface area (Å²) in [6.07, 6.45) is 1.61. The van der Waals surface area contributed by atoms with Gasteiger partial charge in [0.15, 0.2) is 0 Å². The van der Waals surface area contributed by atoms with Gasteiger partial charge in [-0.15, -0.1) is 0 Å². The molecule has 0 spiro atoms. The average Bonchev–Trinajstić information content (AvgIpc) is 2.86. The van der Waals surface area contributed by atoms with E-state index in [1.165, 1.54) is 14.2 Å². The largest absolute Gasteiger partial charge is 0.469 e. The lowest BCUT2D eigenvalue weighted by Crippen LogP contribution is -2.60. The van der Waals surface area contributed by atoms with Gasteiger partial charge < -0.3 is 30.6 Å². The lowest BCUT2D eigenvalue weighted by molar-refractivity contribution is -0.149. The van der Waals surface area contributed by atoms with E-state index in [2.05, 4.69) is 16.0 Å². The van der Waals surface area contributed by atoms with Gasteiger partial charge in [0.05, 0.1) is 26.7 Å². The Kier molecular flexibility index (Phi) is 14.4. The van der Waals surface area contributed by atoms with Crippen LogP contribution in [0.1, 0.15) is 58.9 Å². The van der Waals surface area contributed by atoms with Crippen molar-refractivity contribution in [3.05, 3.63) is 35.9 Å². The number of carbonyl (C=O) groups is 4. The second kappa shape index (κ2) is 16.6. The van der Waals surface area contributed by atoms with Crippen molar-refractivity contribution in [2.45, 2.75) is 89.6 Å². The zero-order valence-corrected chi connectivity index (χ0v) is 23.4. The van der Waals surface area contributed by atoms with E-state index in [1.54, 1.807) is 20.8 Å². The minimum absolute atomic E-state index is 0.138. The molecular weight excluding hydrogens is 492 g/mol. The van der Waals surface area contributed by atoms with Crippen molar-refractivity contribution in [1.82, 2.24) is 16.0 Å². The van der Waals surface area contributed by atoms with Crippen LogP contribution in [0.2, 0.25) is 0 Å². The number of ether oxygens (including phenoxy) is 3. The molecule has 0 aromatic heterocycles. The molecule has 0 fully saturated rings. The van der Waals surface area contributed by atoms with Crippen LogP contribution >= 0.6 is 0 Å². The quantitative estimate of drug-likeness (QED) is 0.183. The molecule has 38 heavy (non-hydrogen) atoms. The number of benzene rings is 1. The molecule has 0 aliphatic carbocycles. The van der Waals surface area contributed by atoms with Crippen LogP contribution in [0.4, 0.5) is 4.79 Å². The Bertz CT molecular complexity index is 889. The summed E-state index contributed by atoms with van der Waals surface area (Å²) in [6.45, 7) is 7.43. The molecule has 11 heteroatoms. The first-order valence-corrected chi connectivity index (χ1v) is 12.9. The molecule has 4 atom stereocenters. The molecule has 0 radical (unpaired) electrons. The number of rotatable bonds is 16. The standard InChI is InChI=1S/C27H44N4O7/c1-7-8-14-19(31-26(35)38-27(2,3)4)22(30-21(25(34)37-6)16-23(32)36-5)17-29-20(24(28)33)15-18-12-10-9-11-13-18/h9-13,19-22,29-30H,7-8,14-17H2,1-6H3,(H2,28,33)(H,31,35)/t19-,20-,21-,22?/m0/s1. The van der Waals surface area contributed by atoms with E-state index < -0.39 is 53.7 Å². The fourth-order valence-corrected chi connectivity index (χ4v) is 3.83. The summed E-state index contributed by atoms with van der Waals surface area (Å²) in [5, 5.41) is 9.22. The van der Waals surface area contributed by atoms with Crippen LogP contribution in [0.25, 0.3) is 0 Å². The van der Waals surface area contributed by atoms with Gasteiger partial charge in [0.2, 0.25) is 5.91 Å². The Morgan fingerprint density at radius 2 is 1.63 bits per heavy atom. The zero-order chi connectivity index (χ0) is 28.7. The summed E-state index contributed by atoms with van der Waals surface area (Å²) in [5.74, 6) is -1.82. The summed E-state index contributed by atoms with van der Waals surface area (Å²) < 4.78 is 15.1. The van der Waals surface area contributed by atoms with Gasteiger partial charge in [-0.2, -0.15) is 0 Å². The fourth-order valence-electron chi connectivity index (χ4n) is 3.83. The molecule has 11 nitrogen and oxygen atoms in total. The normalized spacial score (nSPS) is 14.5. The van der Waals surface area contributed by atoms with Crippen molar-refractivity contribution in [1.29, 1.82) is 0 Å². The van der Waals surface area contributed by atoms with Crippen LogP contribution in [-0.4, -0.2) is 74.5 Å². The maximum absolute atomic E-state index is 12.7. The third-order valence-electron chi connectivity index (χ3n) is 5.77. The van der Waals surface area contributed by atoms with E-state index in [0.717, 1.165) is 18.4 Å². The van der Waals surface area contributed by atoms with E-state index in [1.807, 2.05) is 37.3 Å². The maximum atomic E-state index is 12.7. The molecule has 5 N–H and O–H groups in total. The number of methoxy groups -OCH3 is 2. The van der Waals surface area contributed by atoms with Crippen LogP contribution in [0.5, 0.6) is 0 Å². The molecule has 1 aromatic carbocycles. The lowest BCUT2D eigenvalue weighted by atomic mass is 9.98. The number of amides is 2. The van der Waals surface area contributed by atoms with E-state index in [0.29, 0.717) is 12.8 Å². The van der Waals surface area contributed by atoms with E-state index >= 15 is 0 Å². The summed E-state index contributed by atoms with van der Waals surface area (Å²) in [5.41, 5.74) is 5.89. The second-order valence-corrected chi connectivity index (χ2v) is 10.1. The maximum Gasteiger partial charge on any atom is 0.407 e. The number of unbranched alkanes of at least 4 members (excludes halogenated alkanes) is 1. The van der Waals surface area contributed by atoms with Crippen molar-refractivity contribution in [2.24, 2.45) is 5.73 Å². The molecule has 0 saturated carbocycles. The molecule has 0 aliphatic rings. The summed E-state index contributed by atoms with van der Waals surface area (Å²) in [7, 11) is 2.45. The fraction of sp³-hybridized carbons (Fsp3) is 0.630. The Morgan fingerprint density at radius 1 is 0.974 bits per heavy atom. The Balaban J connectivity index is 3.25. The predicted octanol–water partition coefficient (Wildman–Crippen LogP) is 1.82. The van der Waals surface area contributed by atoms with Gasteiger partial charge in [-0.3, -0.25) is 19.7 Å². The molecule has 0 bridgehead atoms. The molecule has 1 aromatic rings. The van der Waals surface area contributed by atoms with Crippen molar-refractivity contribution in [3.8, 4) is 0 Å². The highest BCUT2D eigenvalue weighted by Crippen LogP contribution is 2.12. The topological polar surface area (TPSA) is 158 Å². The smallest absolute Gasteiger partial charge is 0.407 e. The zero-order valence-electron chi connectivity index (χ0n) is 23.4. The third kappa shape index (κ3) is 12.9. The Morgan fingerprint density at radius 3 is 2.16 bits per heavy atom. The van der Waals surface area contributed by atoms with E-state index in [-0.39, 0.29) is 13.0 Å². The van der Waals surface area contributed by atoms with Gasteiger partial charge in [-0.25, -0.2) is 4.79 Å². The number of nitrogens with two attached hydrogens (primary N) is 1. The second-order valence-electron chi connectivity index (χ2n) is 10.1. The van der Waals surface area contributed by atoms with Gasteiger partial charge in [-0.05, 0) is 39.2 Å². The molecule has 214 valence electrons. The van der Waals surface area contributed by atoms with Crippen LogP contribution in [0.15, 0.2) is 30.3 Å². The molecule has 0 saturated heterocycles. The number of alkyl carbamates (subject to hydrolysis) is 1. The van der Waals surface area contributed by atoms with Crippen molar-refractivity contribution < 1.29 is 33.4 Å². The molecule has 2 amide bonds.